The van der Waals surface area contributed by atoms with Gasteiger partial charge >= 0.3 is 0 Å². The molecule has 0 aliphatic carbocycles. The quantitative estimate of drug-likeness (QED) is 0.604. The Kier molecular flexibility index (Phi) is 6.47. The van der Waals surface area contributed by atoms with Crippen molar-refractivity contribution >= 4 is 11.6 Å². The molecule has 1 fully saturated rings. The molecule has 2 aromatic carbocycles. The molecule has 0 amide bonds. The van der Waals surface area contributed by atoms with Gasteiger partial charge in [0, 0.05) is 45.5 Å². The van der Waals surface area contributed by atoms with Crippen LogP contribution >= 0.6 is 0 Å². The van der Waals surface area contributed by atoms with Gasteiger partial charge in [-0.3, -0.25) is 4.99 Å². The van der Waals surface area contributed by atoms with Crippen molar-refractivity contribution < 1.29 is 14.2 Å². The summed E-state index contributed by atoms with van der Waals surface area (Å²) in [6, 6.07) is 14.4. The molecule has 2 aliphatic rings. The largest absolute Gasteiger partial charge is 0.497 e. The zero-order valence-corrected chi connectivity index (χ0v) is 17.8. The predicted molar refractivity (Wildman–Crippen MR) is 119 cm³/mol. The average Bonchev–Trinajstić information content (AvgIpc) is 2.82. The molecular formula is C23H30N4O3. The molecule has 0 unspecified atom stereocenters. The van der Waals surface area contributed by atoms with Crippen LogP contribution in [0.4, 0.5) is 5.69 Å². The van der Waals surface area contributed by atoms with Crippen molar-refractivity contribution in [3.8, 4) is 17.2 Å². The third-order valence-corrected chi connectivity index (χ3v) is 5.53. The third-order valence-electron chi connectivity index (χ3n) is 5.53. The Morgan fingerprint density at radius 2 is 1.73 bits per heavy atom. The lowest BCUT2D eigenvalue weighted by Gasteiger charge is -2.37. The van der Waals surface area contributed by atoms with E-state index in [0.29, 0.717) is 13.2 Å². The molecule has 1 N–H and O–H groups in total. The molecule has 0 saturated carbocycles. The summed E-state index contributed by atoms with van der Waals surface area (Å²) in [4.78, 5) is 9.21. The molecule has 2 heterocycles. The molecule has 7 heteroatoms. The molecule has 0 radical (unpaired) electrons. The van der Waals surface area contributed by atoms with Gasteiger partial charge in [0.05, 0.1) is 7.11 Å². The minimum atomic E-state index is 0.615. The van der Waals surface area contributed by atoms with Crippen LogP contribution in [0.3, 0.4) is 0 Å². The summed E-state index contributed by atoms with van der Waals surface area (Å²) >= 11 is 0. The van der Waals surface area contributed by atoms with Gasteiger partial charge in [-0.1, -0.05) is 6.07 Å². The molecule has 0 bridgehead atoms. The number of nitrogens with zero attached hydrogens (tertiary/aromatic N) is 3. The maximum absolute atomic E-state index is 5.68. The van der Waals surface area contributed by atoms with Gasteiger partial charge in [-0.05, 0) is 48.4 Å². The van der Waals surface area contributed by atoms with E-state index in [1.807, 2.05) is 25.2 Å². The first-order valence-corrected chi connectivity index (χ1v) is 10.5. The van der Waals surface area contributed by atoms with Crippen LogP contribution in [0.5, 0.6) is 17.2 Å². The SMILES string of the molecule is CN=C(NCCc1ccc2c(c1)OCCO2)N1CCN(c2ccc(OC)cc2)CC1. The summed E-state index contributed by atoms with van der Waals surface area (Å²) in [5.74, 6) is 3.53. The van der Waals surface area contributed by atoms with Crippen molar-refractivity contribution in [3.05, 3.63) is 48.0 Å². The standard InChI is InChI=1S/C23H30N4O3/c1-24-23(25-10-9-18-3-8-21-22(17-18)30-16-15-29-21)27-13-11-26(12-14-27)19-4-6-20(28-2)7-5-19/h3-8,17H,9-16H2,1-2H3,(H,24,25). The maximum atomic E-state index is 5.68. The number of guanidine groups is 1. The second-order valence-corrected chi connectivity index (χ2v) is 7.37. The van der Waals surface area contributed by atoms with Crippen molar-refractivity contribution in [3.63, 3.8) is 0 Å². The summed E-state index contributed by atoms with van der Waals surface area (Å²) in [5.41, 5.74) is 2.46. The Morgan fingerprint density at radius 3 is 2.43 bits per heavy atom. The molecule has 0 aromatic heterocycles. The van der Waals surface area contributed by atoms with E-state index in [-0.39, 0.29) is 0 Å². The minimum Gasteiger partial charge on any atom is -0.497 e. The molecule has 160 valence electrons. The van der Waals surface area contributed by atoms with E-state index >= 15 is 0 Å². The highest BCUT2D eigenvalue weighted by atomic mass is 16.6. The highest BCUT2D eigenvalue weighted by Gasteiger charge is 2.20. The minimum absolute atomic E-state index is 0.615. The van der Waals surface area contributed by atoms with Crippen LogP contribution in [0.25, 0.3) is 0 Å². The number of hydrogen-bond acceptors (Lipinski definition) is 5. The van der Waals surface area contributed by atoms with Gasteiger partial charge in [0.2, 0.25) is 0 Å². The molecule has 7 nitrogen and oxygen atoms in total. The number of benzene rings is 2. The lowest BCUT2D eigenvalue weighted by molar-refractivity contribution is 0.171. The van der Waals surface area contributed by atoms with E-state index in [9.17, 15) is 0 Å². The summed E-state index contributed by atoms with van der Waals surface area (Å²) in [6.45, 7) is 5.88. The fourth-order valence-corrected chi connectivity index (χ4v) is 3.86. The van der Waals surface area contributed by atoms with Gasteiger partial charge in [-0.2, -0.15) is 0 Å². The van der Waals surface area contributed by atoms with Crippen LogP contribution in [0.15, 0.2) is 47.5 Å². The molecule has 1 saturated heterocycles. The van der Waals surface area contributed by atoms with E-state index < -0.39 is 0 Å². The Morgan fingerprint density at radius 1 is 1.00 bits per heavy atom. The second kappa shape index (κ2) is 9.61. The first-order valence-electron chi connectivity index (χ1n) is 10.5. The fourth-order valence-electron chi connectivity index (χ4n) is 3.86. The van der Waals surface area contributed by atoms with Crippen molar-refractivity contribution in [2.45, 2.75) is 6.42 Å². The van der Waals surface area contributed by atoms with Crippen LogP contribution in [0.2, 0.25) is 0 Å². The Bertz CT molecular complexity index is 861. The second-order valence-electron chi connectivity index (χ2n) is 7.37. The number of fused-ring (bicyclic) bond motifs is 1. The Hall–Kier alpha value is -3.09. The number of anilines is 1. The Balaban J connectivity index is 1.25. The van der Waals surface area contributed by atoms with Gasteiger partial charge in [0.25, 0.3) is 0 Å². The van der Waals surface area contributed by atoms with Crippen LogP contribution in [-0.2, 0) is 6.42 Å². The highest BCUT2D eigenvalue weighted by Crippen LogP contribution is 2.30. The maximum Gasteiger partial charge on any atom is 0.193 e. The van der Waals surface area contributed by atoms with Crippen molar-refractivity contribution in [1.82, 2.24) is 10.2 Å². The monoisotopic (exact) mass is 410 g/mol. The number of aliphatic imine (C=N–C) groups is 1. The smallest absolute Gasteiger partial charge is 0.193 e. The van der Waals surface area contributed by atoms with Crippen molar-refractivity contribution in [1.29, 1.82) is 0 Å². The number of ether oxygens (including phenoxy) is 3. The number of nitrogens with one attached hydrogen (secondary N) is 1. The summed E-state index contributed by atoms with van der Waals surface area (Å²) < 4.78 is 16.5. The summed E-state index contributed by atoms with van der Waals surface area (Å²) in [5, 5.41) is 3.51. The molecule has 30 heavy (non-hydrogen) atoms. The normalized spacial score (nSPS) is 16.4. The zero-order chi connectivity index (χ0) is 20.8. The number of rotatable bonds is 5. The number of piperazine rings is 1. The van der Waals surface area contributed by atoms with Gasteiger partial charge in [-0.25, -0.2) is 0 Å². The van der Waals surface area contributed by atoms with Gasteiger partial charge < -0.3 is 29.3 Å². The molecular weight excluding hydrogens is 380 g/mol. The average molecular weight is 411 g/mol. The highest BCUT2D eigenvalue weighted by molar-refractivity contribution is 5.80. The first kappa shape index (κ1) is 20.2. The van der Waals surface area contributed by atoms with E-state index in [0.717, 1.165) is 62.4 Å². The lowest BCUT2D eigenvalue weighted by atomic mass is 10.1. The van der Waals surface area contributed by atoms with E-state index in [1.54, 1.807) is 7.11 Å². The Labute approximate surface area is 178 Å². The van der Waals surface area contributed by atoms with E-state index in [1.165, 1.54) is 11.3 Å². The zero-order valence-electron chi connectivity index (χ0n) is 17.8. The molecule has 2 aromatic rings. The lowest BCUT2D eigenvalue weighted by Crippen LogP contribution is -2.52. The van der Waals surface area contributed by atoms with Crippen molar-refractivity contribution in [2.24, 2.45) is 4.99 Å². The van der Waals surface area contributed by atoms with Crippen LogP contribution in [0, 0.1) is 0 Å². The van der Waals surface area contributed by atoms with E-state index in [4.69, 9.17) is 14.2 Å². The molecule has 2 aliphatic heterocycles. The fraction of sp³-hybridized carbons (Fsp3) is 0.435. The van der Waals surface area contributed by atoms with Gasteiger partial charge in [-0.15, -0.1) is 0 Å². The van der Waals surface area contributed by atoms with Crippen molar-refractivity contribution in [2.75, 3.05) is 65.0 Å². The van der Waals surface area contributed by atoms with E-state index in [2.05, 4.69) is 44.4 Å². The number of methoxy groups -OCH3 is 1. The predicted octanol–water partition coefficient (Wildman–Crippen LogP) is 2.41. The van der Waals surface area contributed by atoms with Crippen LogP contribution < -0.4 is 24.4 Å². The summed E-state index contributed by atoms with van der Waals surface area (Å²) in [6.07, 6.45) is 0.904. The molecule has 0 atom stereocenters. The first-order chi connectivity index (χ1) is 14.8. The topological polar surface area (TPSA) is 58.6 Å². The van der Waals surface area contributed by atoms with Gasteiger partial charge in [0.15, 0.2) is 17.5 Å². The molecule has 0 spiro atoms. The number of hydrogen-bond donors (Lipinski definition) is 1. The van der Waals surface area contributed by atoms with Gasteiger partial charge in [0.1, 0.15) is 19.0 Å². The third kappa shape index (κ3) is 4.72. The summed E-state index contributed by atoms with van der Waals surface area (Å²) in [7, 11) is 3.54. The molecule has 4 rings (SSSR count). The van der Waals surface area contributed by atoms with Crippen LogP contribution in [0.1, 0.15) is 5.56 Å². The van der Waals surface area contributed by atoms with Crippen LogP contribution in [-0.4, -0.2) is 71.0 Å².